The Kier molecular flexibility index (Phi) is 9.97. The topological polar surface area (TPSA) is 111 Å². The van der Waals surface area contributed by atoms with E-state index in [2.05, 4.69) is 22.1 Å². The zero-order valence-electron chi connectivity index (χ0n) is 28.7. The monoisotopic (exact) mass is 682 g/mol. The van der Waals surface area contributed by atoms with Gasteiger partial charge in [0.25, 0.3) is 0 Å². The van der Waals surface area contributed by atoms with Gasteiger partial charge in [-0.15, -0.1) is 0 Å². The average Bonchev–Trinajstić information content (AvgIpc) is 3.57. The van der Waals surface area contributed by atoms with E-state index in [9.17, 15) is 23.2 Å². The molecule has 1 fully saturated rings. The number of carbonyl (C=O) groups is 3. The first-order valence-electron chi connectivity index (χ1n) is 16.4. The van der Waals surface area contributed by atoms with Crippen molar-refractivity contribution in [2.45, 2.75) is 105 Å². The number of hydrogen-bond acceptors (Lipinski definition) is 9. The molecule has 1 aromatic carbocycles. The molecule has 0 spiro atoms. The second kappa shape index (κ2) is 13.5. The van der Waals surface area contributed by atoms with E-state index in [1.165, 1.54) is 6.07 Å². The Morgan fingerprint density at radius 2 is 1.71 bits per heavy atom. The molecule has 2 aromatic heterocycles. The van der Waals surface area contributed by atoms with Crippen LogP contribution in [0.4, 0.5) is 24.3 Å². The number of thiazole rings is 1. The lowest BCUT2D eigenvalue weighted by Gasteiger charge is -2.43. The Morgan fingerprint density at radius 3 is 2.38 bits per heavy atom. The Labute approximate surface area is 284 Å². The Morgan fingerprint density at radius 1 is 1.02 bits per heavy atom. The number of esters is 1. The summed E-state index contributed by atoms with van der Waals surface area (Å²) in [5.74, 6) is -2.36. The second-order valence-corrected chi connectivity index (χ2v) is 16.0. The molecule has 3 heterocycles. The maximum absolute atomic E-state index is 14.8. The van der Waals surface area contributed by atoms with Gasteiger partial charge in [-0.1, -0.05) is 24.3 Å². The van der Waals surface area contributed by atoms with Crippen LogP contribution < -0.4 is 10.2 Å². The normalized spacial score (nSPS) is 18.0. The van der Waals surface area contributed by atoms with Crippen molar-refractivity contribution in [3.8, 4) is 10.6 Å². The van der Waals surface area contributed by atoms with Crippen molar-refractivity contribution >= 4 is 39.9 Å². The minimum absolute atomic E-state index is 0.0329. The fraction of sp³-hybridized carbons (Fsp3) is 0.528. The second-order valence-electron chi connectivity index (χ2n) is 15.0. The van der Waals surface area contributed by atoms with Gasteiger partial charge in [-0.25, -0.2) is 18.6 Å². The number of aromatic nitrogens is 2. The van der Waals surface area contributed by atoms with Crippen molar-refractivity contribution in [2.24, 2.45) is 5.41 Å². The lowest BCUT2D eigenvalue weighted by Crippen LogP contribution is -2.44. The fourth-order valence-corrected chi connectivity index (χ4v) is 7.51. The first kappa shape index (κ1) is 35.4. The van der Waals surface area contributed by atoms with Gasteiger partial charge in [0, 0.05) is 42.7 Å². The molecule has 1 unspecified atom stereocenters. The SMILES string of the molecule is CC1(CC(=O)OC(C)(C)C)CCCN(c2c(CC(=O)c3nc(-c4c(F)cccc4F)sc3NC(=O)OC(C)(C)C)cnc3c2CCC3)C1. The van der Waals surface area contributed by atoms with Gasteiger partial charge in [0.05, 0.1) is 12.0 Å². The van der Waals surface area contributed by atoms with Crippen LogP contribution in [0.25, 0.3) is 10.6 Å². The third kappa shape index (κ3) is 8.37. The molecule has 1 amide bonds. The van der Waals surface area contributed by atoms with Crippen molar-refractivity contribution in [1.29, 1.82) is 0 Å². The molecule has 1 aliphatic carbocycles. The molecule has 48 heavy (non-hydrogen) atoms. The Balaban J connectivity index is 1.49. The number of pyridine rings is 1. The summed E-state index contributed by atoms with van der Waals surface area (Å²) in [5.41, 5.74) is 1.49. The minimum atomic E-state index is -0.837. The van der Waals surface area contributed by atoms with Gasteiger partial charge in [0.1, 0.15) is 38.5 Å². The minimum Gasteiger partial charge on any atom is -0.460 e. The molecule has 1 N–H and O–H groups in total. The smallest absolute Gasteiger partial charge is 0.412 e. The van der Waals surface area contributed by atoms with Crippen molar-refractivity contribution < 1.29 is 32.6 Å². The third-order valence-electron chi connectivity index (χ3n) is 8.28. The van der Waals surface area contributed by atoms with Crippen molar-refractivity contribution in [2.75, 3.05) is 23.3 Å². The molecule has 5 rings (SSSR count). The van der Waals surface area contributed by atoms with Gasteiger partial charge in [0.2, 0.25) is 0 Å². The summed E-state index contributed by atoms with van der Waals surface area (Å²) in [6.45, 7) is 14.1. The molecule has 12 heteroatoms. The summed E-state index contributed by atoms with van der Waals surface area (Å²) in [6.07, 6.45) is 5.39. The van der Waals surface area contributed by atoms with Gasteiger partial charge in [-0.3, -0.25) is 19.9 Å². The van der Waals surface area contributed by atoms with Crippen molar-refractivity contribution in [3.05, 3.63) is 58.5 Å². The average molecular weight is 683 g/mol. The van der Waals surface area contributed by atoms with Gasteiger partial charge >= 0.3 is 12.1 Å². The number of aryl methyl sites for hydroxylation is 1. The van der Waals surface area contributed by atoms with Crippen molar-refractivity contribution in [1.82, 2.24) is 9.97 Å². The van der Waals surface area contributed by atoms with Gasteiger partial charge in [-0.05, 0) is 96.8 Å². The molecule has 0 radical (unpaired) electrons. The third-order valence-corrected chi connectivity index (χ3v) is 9.26. The van der Waals surface area contributed by atoms with E-state index in [1.807, 2.05) is 20.8 Å². The number of nitrogens with zero attached hydrogens (tertiary/aromatic N) is 3. The van der Waals surface area contributed by atoms with E-state index in [4.69, 9.17) is 14.5 Å². The molecular weight excluding hydrogens is 638 g/mol. The van der Waals surface area contributed by atoms with Crippen LogP contribution in [0.2, 0.25) is 0 Å². The molecule has 1 atom stereocenters. The van der Waals surface area contributed by atoms with Crippen LogP contribution in [0.5, 0.6) is 0 Å². The largest absolute Gasteiger partial charge is 0.460 e. The molecular formula is C36H44F2N4O5S. The van der Waals surface area contributed by atoms with Crippen LogP contribution >= 0.6 is 11.3 Å². The predicted octanol–water partition coefficient (Wildman–Crippen LogP) is 8.08. The molecule has 1 saturated heterocycles. The Hall–Kier alpha value is -3.93. The molecule has 3 aromatic rings. The van der Waals surface area contributed by atoms with E-state index >= 15 is 0 Å². The summed E-state index contributed by atoms with van der Waals surface area (Å²) in [7, 11) is 0. The van der Waals surface area contributed by atoms with E-state index in [0.717, 1.165) is 79.1 Å². The van der Waals surface area contributed by atoms with Crippen LogP contribution in [0.3, 0.4) is 0 Å². The number of benzene rings is 1. The lowest BCUT2D eigenvalue weighted by molar-refractivity contribution is -0.157. The maximum Gasteiger partial charge on any atom is 0.412 e. The summed E-state index contributed by atoms with van der Waals surface area (Å²) in [6, 6.07) is 3.47. The van der Waals surface area contributed by atoms with Crippen LogP contribution in [-0.2, 0) is 33.5 Å². The van der Waals surface area contributed by atoms with Gasteiger partial charge < -0.3 is 14.4 Å². The molecule has 2 aliphatic rings. The molecule has 258 valence electrons. The number of piperidine rings is 1. The van der Waals surface area contributed by atoms with E-state index < -0.39 is 34.7 Å². The number of hydrogen-bond donors (Lipinski definition) is 1. The summed E-state index contributed by atoms with van der Waals surface area (Å²) in [4.78, 5) is 51.1. The predicted molar refractivity (Wildman–Crippen MR) is 182 cm³/mol. The van der Waals surface area contributed by atoms with Crippen LogP contribution in [0, 0.1) is 17.0 Å². The highest BCUT2D eigenvalue weighted by Crippen LogP contribution is 2.42. The van der Waals surface area contributed by atoms with Gasteiger partial charge in [-0.2, -0.15) is 0 Å². The number of rotatable bonds is 8. The maximum atomic E-state index is 14.8. The van der Waals surface area contributed by atoms with Crippen molar-refractivity contribution in [3.63, 3.8) is 0 Å². The van der Waals surface area contributed by atoms with E-state index in [0.29, 0.717) is 12.1 Å². The summed E-state index contributed by atoms with van der Waals surface area (Å²) < 4.78 is 40.7. The summed E-state index contributed by atoms with van der Waals surface area (Å²) in [5, 5.41) is 2.54. The number of anilines is 2. The quantitative estimate of drug-likeness (QED) is 0.188. The standard InChI is InChI=1S/C36H44F2N4O5S/c1-34(2,3)46-27(44)18-36(7)15-10-16-42(20-36)30-21(19-39-25-14-8-11-22(25)30)17-26(43)29-32(41-33(45)47-35(4,5)6)48-31(40-29)28-23(37)12-9-13-24(28)38/h9,12-13,19H,8,10-11,14-18,20H2,1-7H3,(H,41,45). The number of amides is 1. The fourth-order valence-electron chi connectivity index (χ4n) is 6.49. The first-order valence-corrected chi connectivity index (χ1v) is 17.2. The first-order chi connectivity index (χ1) is 22.4. The zero-order chi connectivity index (χ0) is 35.0. The number of carbonyl (C=O) groups excluding carboxylic acids is 3. The number of nitrogens with one attached hydrogen (secondary N) is 1. The number of fused-ring (bicyclic) bond motifs is 1. The van der Waals surface area contributed by atoms with Crippen LogP contribution in [0.1, 0.15) is 101 Å². The molecule has 0 bridgehead atoms. The number of ether oxygens (including phenoxy) is 2. The number of halogens is 2. The number of ketones is 1. The highest BCUT2D eigenvalue weighted by atomic mass is 32.1. The number of Topliss-reactive ketones (excluding diaryl/α,β-unsaturated/α-hetero) is 1. The van der Waals surface area contributed by atoms with Crippen LogP contribution in [-0.4, -0.2) is 52.1 Å². The van der Waals surface area contributed by atoms with Gasteiger partial charge in [0.15, 0.2) is 5.78 Å². The van der Waals surface area contributed by atoms with Crippen LogP contribution in [0.15, 0.2) is 24.4 Å². The molecule has 9 nitrogen and oxygen atoms in total. The highest BCUT2D eigenvalue weighted by molar-refractivity contribution is 7.19. The zero-order valence-corrected chi connectivity index (χ0v) is 29.5. The van der Waals surface area contributed by atoms with E-state index in [1.54, 1.807) is 27.0 Å². The molecule has 0 saturated carbocycles. The Bertz CT molecular complexity index is 1710. The summed E-state index contributed by atoms with van der Waals surface area (Å²) >= 11 is 0.802. The molecule has 1 aliphatic heterocycles. The lowest BCUT2D eigenvalue weighted by atomic mass is 9.78. The van der Waals surface area contributed by atoms with E-state index in [-0.39, 0.29) is 45.5 Å². The highest BCUT2D eigenvalue weighted by Gasteiger charge is 2.37.